The van der Waals surface area contributed by atoms with Crippen molar-refractivity contribution in [2.75, 3.05) is 19.8 Å². The fourth-order valence-corrected chi connectivity index (χ4v) is 4.06. The predicted molar refractivity (Wildman–Crippen MR) is 129 cm³/mol. The highest BCUT2D eigenvalue weighted by Crippen LogP contribution is 2.38. The number of nitrogens with zero attached hydrogens (tertiary/aromatic N) is 1. The van der Waals surface area contributed by atoms with Gasteiger partial charge in [-0.2, -0.15) is 13.2 Å². The number of ether oxygens (including phenoxy) is 2. The lowest BCUT2D eigenvalue weighted by Gasteiger charge is -2.37. The molecule has 0 saturated carbocycles. The van der Waals surface area contributed by atoms with E-state index in [1.807, 2.05) is 0 Å². The van der Waals surface area contributed by atoms with Crippen molar-refractivity contribution < 1.29 is 31.9 Å². The molecule has 1 aliphatic rings. The topological polar surface area (TPSA) is 112 Å². The van der Waals surface area contributed by atoms with Gasteiger partial charge in [-0.3, -0.25) is 19.1 Å². The molecule has 0 aliphatic carbocycles. The monoisotopic (exact) mass is 531 g/mol. The Bertz CT molecular complexity index is 1130. The van der Waals surface area contributed by atoms with E-state index in [1.165, 1.54) is 6.20 Å². The van der Waals surface area contributed by atoms with Crippen molar-refractivity contribution in [2.45, 2.75) is 69.9 Å². The summed E-state index contributed by atoms with van der Waals surface area (Å²) in [7, 11) is -2.09. The molecular formula is C23H32F3N3O6Si. The van der Waals surface area contributed by atoms with E-state index in [2.05, 4.69) is 57.3 Å². The Balaban J connectivity index is 2.22. The van der Waals surface area contributed by atoms with Crippen molar-refractivity contribution in [3.05, 3.63) is 45.3 Å². The van der Waals surface area contributed by atoms with Gasteiger partial charge in [0, 0.05) is 12.6 Å². The third-order valence-electron chi connectivity index (χ3n) is 6.12. The van der Waals surface area contributed by atoms with Crippen LogP contribution in [-0.4, -0.2) is 61.9 Å². The van der Waals surface area contributed by atoms with Crippen LogP contribution in [0.25, 0.3) is 0 Å². The van der Waals surface area contributed by atoms with E-state index in [1.54, 1.807) is 11.4 Å². The van der Waals surface area contributed by atoms with E-state index in [0.29, 0.717) is 0 Å². The largest absolute Gasteiger partial charge is 0.471 e. The molecular weight excluding hydrogens is 499 g/mol. The number of nitrogens with one attached hydrogen (secondary N) is 2. The molecule has 3 atom stereocenters. The molecule has 2 heterocycles. The fraction of sp³-hybridized carbons (Fsp3) is 0.609. The Morgan fingerprint density at radius 3 is 2.61 bits per heavy atom. The van der Waals surface area contributed by atoms with Gasteiger partial charge in [0.25, 0.3) is 5.56 Å². The molecule has 36 heavy (non-hydrogen) atoms. The highest BCUT2D eigenvalue weighted by atomic mass is 28.4. The van der Waals surface area contributed by atoms with E-state index in [9.17, 15) is 27.6 Å². The Kier molecular flexibility index (Phi) is 9.52. The molecule has 1 aromatic rings. The average Bonchev–Trinajstić information content (AvgIpc) is 3.16. The lowest BCUT2D eigenvalue weighted by Crippen LogP contribution is -2.44. The molecule has 2 rings (SSSR count). The summed E-state index contributed by atoms with van der Waals surface area (Å²) in [6.07, 6.45) is -3.70. The first-order valence-electron chi connectivity index (χ1n) is 11.3. The molecule has 1 saturated heterocycles. The highest BCUT2D eigenvalue weighted by Gasteiger charge is 2.42. The number of hydrogen-bond acceptors (Lipinski definition) is 6. The van der Waals surface area contributed by atoms with Gasteiger partial charge in [0.05, 0.1) is 25.9 Å². The number of alkyl halides is 3. The number of hydrogen-bond donors (Lipinski definition) is 2. The normalized spacial score (nSPS) is 20.5. The zero-order valence-electron chi connectivity index (χ0n) is 21.0. The number of aromatic nitrogens is 2. The maximum Gasteiger partial charge on any atom is 0.471 e. The number of amides is 1. The van der Waals surface area contributed by atoms with Crippen LogP contribution in [0.4, 0.5) is 13.2 Å². The summed E-state index contributed by atoms with van der Waals surface area (Å²) in [4.78, 5) is 37.6. The fourth-order valence-electron chi connectivity index (χ4n) is 3.05. The summed E-state index contributed by atoms with van der Waals surface area (Å²) in [5.74, 6) is 2.50. The summed E-state index contributed by atoms with van der Waals surface area (Å²) in [6.45, 7) is 14.1. The number of aromatic amines is 1. The van der Waals surface area contributed by atoms with Crippen molar-refractivity contribution in [3.8, 4) is 11.8 Å². The number of H-pyrrole nitrogens is 1. The zero-order valence-corrected chi connectivity index (χ0v) is 22.0. The third-order valence-corrected chi connectivity index (χ3v) is 10.6. The summed E-state index contributed by atoms with van der Waals surface area (Å²) < 4.78 is 56.1. The Hall–Kier alpha value is -2.66. The van der Waals surface area contributed by atoms with E-state index in [4.69, 9.17) is 13.9 Å². The van der Waals surface area contributed by atoms with Gasteiger partial charge in [0.1, 0.15) is 17.9 Å². The van der Waals surface area contributed by atoms with Gasteiger partial charge in [-0.1, -0.05) is 38.7 Å². The molecule has 200 valence electrons. The van der Waals surface area contributed by atoms with Crippen LogP contribution in [0.3, 0.4) is 0 Å². The van der Waals surface area contributed by atoms with Crippen molar-refractivity contribution in [2.24, 2.45) is 0 Å². The Labute approximate surface area is 208 Å². The first kappa shape index (κ1) is 29.6. The number of carbonyl (C=O) groups excluding carboxylic acids is 1. The van der Waals surface area contributed by atoms with Gasteiger partial charge in [-0.15, -0.1) is 6.58 Å². The molecule has 0 bridgehead atoms. The van der Waals surface area contributed by atoms with Gasteiger partial charge in [-0.25, -0.2) is 4.79 Å². The maximum absolute atomic E-state index is 12.5. The molecule has 1 fully saturated rings. The van der Waals surface area contributed by atoms with Crippen LogP contribution in [0.15, 0.2) is 28.4 Å². The van der Waals surface area contributed by atoms with Gasteiger partial charge in [-0.05, 0) is 18.1 Å². The first-order chi connectivity index (χ1) is 16.6. The zero-order chi connectivity index (χ0) is 27.3. The second-order valence-electron chi connectivity index (χ2n) is 9.79. The quantitative estimate of drug-likeness (QED) is 0.303. The number of rotatable bonds is 8. The summed E-state index contributed by atoms with van der Waals surface area (Å²) in [5.41, 5.74) is -1.74. The van der Waals surface area contributed by atoms with Crippen molar-refractivity contribution in [1.29, 1.82) is 0 Å². The minimum absolute atomic E-state index is 0.0224. The molecule has 1 aromatic heterocycles. The van der Waals surface area contributed by atoms with E-state index in [-0.39, 0.29) is 30.2 Å². The minimum atomic E-state index is -5.04. The van der Waals surface area contributed by atoms with E-state index < -0.39 is 56.6 Å². The van der Waals surface area contributed by atoms with Gasteiger partial charge < -0.3 is 19.2 Å². The lowest BCUT2D eigenvalue weighted by atomic mass is 10.2. The predicted octanol–water partition coefficient (Wildman–Crippen LogP) is 2.45. The maximum atomic E-state index is 12.5. The summed E-state index contributed by atoms with van der Waals surface area (Å²) in [6, 6.07) is 0. The highest BCUT2D eigenvalue weighted by molar-refractivity contribution is 6.74. The molecule has 1 amide bonds. The summed E-state index contributed by atoms with van der Waals surface area (Å²) in [5, 5.41) is 1.56. The average molecular weight is 532 g/mol. The number of halogens is 3. The van der Waals surface area contributed by atoms with Crippen molar-refractivity contribution in [3.63, 3.8) is 0 Å². The van der Waals surface area contributed by atoms with E-state index in [0.717, 1.165) is 4.57 Å². The standard InChI is InChI=1S/C23H32F3N3O6Si/c1-7-11-33-16-12-18(35-17(16)14-34-36(5,6)22(2,3)4)29-13-15(19(30)28-21(29)32)9-8-10-27-20(31)23(24,25)26/h7,13,16-18H,1,10-12,14H2,2-6H3,(H,27,31)(H,28,30,32)/t16?,17-,18-/m0/s1. The second kappa shape index (κ2) is 11.6. The molecule has 0 radical (unpaired) electrons. The van der Waals surface area contributed by atoms with Crippen molar-refractivity contribution in [1.82, 2.24) is 14.9 Å². The van der Waals surface area contributed by atoms with Crippen LogP contribution in [0, 0.1) is 11.8 Å². The van der Waals surface area contributed by atoms with Crippen LogP contribution in [0.2, 0.25) is 18.1 Å². The molecule has 9 nitrogen and oxygen atoms in total. The third kappa shape index (κ3) is 7.67. The molecule has 1 unspecified atom stereocenters. The van der Waals surface area contributed by atoms with Gasteiger partial charge >= 0.3 is 17.8 Å². The first-order valence-corrected chi connectivity index (χ1v) is 14.2. The van der Waals surface area contributed by atoms with Crippen LogP contribution in [-0.2, 0) is 18.7 Å². The number of carbonyl (C=O) groups is 1. The molecule has 0 aromatic carbocycles. The van der Waals surface area contributed by atoms with Crippen LogP contribution in [0.1, 0.15) is 39.0 Å². The van der Waals surface area contributed by atoms with Crippen molar-refractivity contribution >= 4 is 14.2 Å². The molecule has 13 heteroatoms. The second-order valence-corrected chi connectivity index (χ2v) is 14.6. The summed E-state index contributed by atoms with van der Waals surface area (Å²) >= 11 is 0. The molecule has 0 spiro atoms. The Morgan fingerprint density at radius 2 is 2.03 bits per heavy atom. The van der Waals surface area contributed by atoms with Gasteiger partial charge in [0.2, 0.25) is 0 Å². The Morgan fingerprint density at radius 1 is 1.36 bits per heavy atom. The van der Waals surface area contributed by atoms with E-state index >= 15 is 0 Å². The van der Waals surface area contributed by atoms with Crippen LogP contribution >= 0.6 is 0 Å². The smallest absolute Gasteiger partial charge is 0.414 e. The SMILES string of the molecule is C=CCOC1C[C@@H](n2cc(C#CCNC(=O)C(F)(F)F)c(=O)[nH]c2=O)O[C@H]1CO[Si](C)(C)C(C)(C)C. The van der Waals surface area contributed by atoms with Crippen LogP contribution < -0.4 is 16.6 Å². The molecule has 1 aliphatic heterocycles. The minimum Gasteiger partial charge on any atom is -0.414 e. The molecule has 2 N–H and O–H groups in total. The van der Waals surface area contributed by atoms with Crippen LogP contribution in [0.5, 0.6) is 0 Å². The van der Waals surface area contributed by atoms with Gasteiger partial charge in [0.15, 0.2) is 8.32 Å². The lowest BCUT2D eigenvalue weighted by molar-refractivity contribution is -0.173.